The summed E-state index contributed by atoms with van der Waals surface area (Å²) in [6.07, 6.45) is 2.33. The van der Waals surface area contributed by atoms with E-state index >= 15 is 0 Å². The molecule has 0 bridgehead atoms. The van der Waals surface area contributed by atoms with Crippen molar-refractivity contribution in [3.05, 3.63) is 42.0 Å². The van der Waals surface area contributed by atoms with E-state index in [1.807, 2.05) is 19.1 Å². The van der Waals surface area contributed by atoms with Crippen LogP contribution < -0.4 is 10.5 Å². The maximum atomic E-state index is 6.12. The van der Waals surface area contributed by atoms with Gasteiger partial charge in [0.2, 0.25) is 0 Å². The van der Waals surface area contributed by atoms with Gasteiger partial charge >= 0.3 is 0 Å². The molecule has 2 nitrogen and oxygen atoms in total. The molecule has 1 aliphatic carbocycles. The van der Waals surface area contributed by atoms with Crippen LogP contribution in [0.25, 0.3) is 0 Å². The quantitative estimate of drug-likeness (QED) is 0.791. The number of nitrogens with two attached hydrogens (primary N) is 1. The molecule has 0 heterocycles. The maximum absolute atomic E-state index is 6.12. The zero-order valence-corrected chi connectivity index (χ0v) is 10.7. The summed E-state index contributed by atoms with van der Waals surface area (Å²) >= 11 is 0. The van der Waals surface area contributed by atoms with E-state index in [9.17, 15) is 0 Å². The monoisotopic (exact) mass is 231 g/mol. The molecule has 0 aromatic heterocycles. The normalized spacial score (nSPS) is 18.5. The molecule has 0 aliphatic heterocycles. The Balaban J connectivity index is 2.25. The minimum atomic E-state index is 0.145. The highest BCUT2D eigenvalue weighted by Gasteiger charge is 2.48. The standard InChI is InChI=1S/C15H21NO/c1-11(2)10-17-14-7-5-4-6-13(14)15(8-9-15)12(3)16/h4-7,12H,1,8-10,16H2,2-3H3. The van der Waals surface area contributed by atoms with Crippen molar-refractivity contribution in [2.75, 3.05) is 6.61 Å². The molecule has 0 saturated heterocycles. The number of rotatable bonds is 5. The fourth-order valence-corrected chi connectivity index (χ4v) is 2.31. The van der Waals surface area contributed by atoms with Crippen molar-refractivity contribution < 1.29 is 4.74 Å². The summed E-state index contributed by atoms with van der Waals surface area (Å²) in [5.41, 5.74) is 8.55. The number of hydrogen-bond acceptors (Lipinski definition) is 2. The highest BCUT2D eigenvalue weighted by atomic mass is 16.5. The van der Waals surface area contributed by atoms with Gasteiger partial charge < -0.3 is 10.5 Å². The molecule has 92 valence electrons. The zero-order valence-electron chi connectivity index (χ0n) is 10.7. The minimum absolute atomic E-state index is 0.145. The van der Waals surface area contributed by atoms with E-state index < -0.39 is 0 Å². The molecule has 1 aromatic carbocycles. The minimum Gasteiger partial charge on any atom is -0.489 e. The van der Waals surface area contributed by atoms with E-state index in [1.54, 1.807) is 0 Å². The Morgan fingerprint density at radius 2 is 2.12 bits per heavy atom. The largest absolute Gasteiger partial charge is 0.489 e. The van der Waals surface area contributed by atoms with Crippen molar-refractivity contribution >= 4 is 0 Å². The second-order valence-corrected chi connectivity index (χ2v) is 5.19. The van der Waals surface area contributed by atoms with E-state index in [2.05, 4.69) is 25.6 Å². The third-order valence-corrected chi connectivity index (χ3v) is 3.56. The molecule has 2 rings (SSSR count). The SMILES string of the molecule is C=C(C)COc1ccccc1C1(C(C)N)CC1. The van der Waals surface area contributed by atoms with Crippen LogP contribution in [-0.2, 0) is 5.41 Å². The summed E-state index contributed by atoms with van der Waals surface area (Å²) < 4.78 is 5.82. The van der Waals surface area contributed by atoms with Crippen molar-refractivity contribution in [3.8, 4) is 5.75 Å². The van der Waals surface area contributed by atoms with Gasteiger partial charge in [0, 0.05) is 17.0 Å². The third-order valence-electron chi connectivity index (χ3n) is 3.56. The van der Waals surface area contributed by atoms with Crippen LogP contribution in [0.3, 0.4) is 0 Å². The molecule has 0 radical (unpaired) electrons. The summed E-state index contributed by atoms with van der Waals surface area (Å²) in [6.45, 7) is 8.50. The molecule has 0 amide bonds. The molecule has 2 N–H and O–H groups in total. The Labute approximate surface area is 103 Å². The summed E-state index contributed by atoms with van der Waals surface area (Å²) in [4.78, 5) is 0. The Hall–Kier alpha value is -1.28. The predicted octanol–water partition coefficient (Wildman–Crippen LogP) is 3.02. The highest BCUT2D eigenvalue weighted by Crippen LogP contribution is 2.53. The van der Waals surface area contributed by atoms with Gasteiger partial charge in [0.05, 0.1) is 0 Å². The first-order valence-corrected chi connectivity index (χ1v) is 6.18. The first-order chi connectivity index (χ1) is 8.06. The number of benzene rings is 1. The van der Waals surface area contributed by atoms with E-state index in [0.29, 0.717) is 6.61 Å². The zero-order chi connectivity index (χ0) is 12.5. The lowest BCUT2D eigenvalue weighted by atomic mass is 9.89. The molecule has 17 heavy (non-hydrogen) atoms. The number of para-hydroxylation sites is 1. The van der Waals surface area contributed by atoms with Crippen LogP contribution in [-0.4, -0.2) is 12.6 Å². The van der Waals surface area contributed by atoms with Crippen LogP contribution in [0.15, 0.2) is 36.4 Å². The van der Waals surface area contributed by atoms with Gasteiger partial charge in [-0.05, 0) is 38.3 Å². The molecule has 0 spiro atoms. The van der Waals surface area contributed by atoms with Gasteiger partial charge in [0.1, 0.15) is 12.4 Å². The van der Waals surface area contributed by atoms with E-state index in [-0.39, 0.29) is 11.5 Å². The Kier molecular flexibility index (Phi) is 3.25. The number of ether oxygens (including phenoxy) is 1. The first kappa shape index (κ1) is 12.2. The van der Waals surface area contributed by atoms with Crippen LogP contribution in [0.1, 0.15) is 32.3 Å². The van der Waals surface area contributed by atoms with E-state index in [0.717, 1.165) is 24.2 Å². The van der Waals surface area contributed by atoms with Crippen molar-refractivity contribution in [3.63, 3.8) is 0 Å². The van der Waals surface area contributed by atoms with Crippen molar-refractivity contribution in [1.29, 1.82) is 0 Å². The topological polar surface area (TPSA) is 35.2 Å². The van der Waals surface area contributed by atoms with Crippen LogP contribution in [0.4, 0.5) is 0 Å². The Morgan fingerprint density at radius 3 is 2.65 bits per heavy atom. The lowest BCUT2D eigenvalue weighted by Gasteiger charge is -2.23. The fourth-order valence-electron chi connectivity index (χ4n) is 2.31. The van der Waals surface area contributed by atoms with Crippen LogP contribution >= 0.6 is 0 Å². The molecule has 1 saturated carbocycles. The average Bonchev–Trinajstić information content (AvgIpc) is 3.08. The molecule has 1 aromatic rings. The fraction of sp³-hybridized carbons (Fsp3) is 0.467. The van der Waals surface area contributed by atoms with Gasteiger partial charge in [-0.1, -0.05) is 24.8 Å². The Morgan fingerprint density at radius 1 is 1.47 bits per heavy atom. The summed E-state index contributed by atoms with van der Waals surface area (Å²) in [6, 6.07) is 8.42. The molecular weight excluding hydrogens is 210 g/mol. The molecule has 1 atom stereocenters. The average molecular weight is 231 g/mol. The number of hydrogen-bond donors (Lipinski definition) is 1. The van der Waals surface area contributed by atoms with Gasteiger partial charge in [-0.25, -0.2) is 0 Å². The highest BCUT2D eigenvalue weighted by molar-refractivity contribution is 5.44. The smallest absolute Gasteiger partial charge is 0.123 e. The van der Waals surface area contributed by atoms with Crippen molar-refractivity contribution in [2.45, 2.75) is 38.1 Å². The summed E-state index contributed by atoms with van der Waals surface area (Å²) in [5, 5.41) is 0. The van der Waals surface area contributed by atoms with E-state index in [4.69, 9.17) is 10.5 Å². The van der Waals surface area contributed by atoms with Crippen LogP contribution in [0, 0.1) is 0 Å². The second-order valence-electron chi connectivity index (χ2n) is 5.19. The van der Waals surface area contributed by atoms with Crippen molar-refractivity contribution in [1.82, 2.24) is 0 Å². The molecule has 1 aliphatic rings. The first-order valence-electron chi connectivity index (χ1n) is 6.18. The van der Waals surface area contributed by atoms with Gasteiger partial charge in [-0.3, -0.25) is 0 Å². The van der Waals surface area contributed by atoms with Gasteiger partial charge in [0.15, 0.2) is 0 Å². The molecule has 2 heteroatoms. The third kappa shape index (κ3) is 2.37. The second kappa shape index (κ2) is 4.53. The Bertz CT molecular complexity index is 419. The van der Waals surface area contributed by atoms with Gasteiger partial charge in [-0.2, -0.15) is 0 Å². The van der Waals surface area contributed by atoms with Crippen LogP contribution in [0.5, 0.6) is 5.75 Å². The van der Waals surface area contributed by atoms with Gasteiger partial charge in [0.25, 0.3) is 0 Å². The van der Waals surface area contributed by atoms with Crippen LogP contribution in [0.2, 0.25) is 0 Å². The summed E-state index contributed by atoms with van der Waals surface area (Å²) in [7, 11) is 0. The maximum Gasteiger partial charge on any atom is 0.123 e. The van der Waals surface area contributed by atoms with E-state index in [1.165, 1.54) is 5.56 Å². The van der Waals surface area contributed by atoms with Gasteiger partial charge in [-0.15, -0.1) is 0 Å². The van der Waals surface area contributed by atoms with Crippen molar-refractivity contribution in [2.24, 2.45) is 5.73 Å². The lowest BCUT2D eigenvalue weighted by Crippen LogP contribution is -2.32. The molecular formula is C15H21NO. The molecule has 1 fully saturated rings. The molecule has 1 unspecified atom stereocenters. The lowest BCUT2D eigenvalue weighted by molar-refractivity contribution is 0.342. The summed E-state index contributed by atoms with van der Waals surface area (Å²) in [5.74, 6) is 0.963. The predicted molar refractivity (Wildman–Crippen MR) is 71.3 cm³/mol.